The van der Waals surface area contributed by atoms with Crippen LogP contribution in [-0.4, -0.2) is 40.8 Å². The van der Waals surface area contributed by atoms with E-state index in [9.17, 15) is 21.6 Å². The van der Waals surface area contributed by atoms with Gasteiger partial charge in [-0.15, -0.1) is 0 Å². The first-order chi connectivity index (χ1) is 14.1. The third-order valence-electron chi connectivity index (χ3n) is 4.85. The topological polar surface area (TPSA) is 127 Å². The third-order valence-corrected chi connectivity index (χ3v) is 7.35. The molecule has 0 fully saturated rings. The van der Waals surface area contributed by atoms with E-state index in [0.29, 0.717) is 36.3 Å². The van der Waals surface area contributed by atoms with Crippen molar-refractivity contribution in [3.63, 3.8) is 0 Å². The Hall–Kier alpha value is -2.59. The minimum Gasteiger partial charge on any atom is -0.486 e. The lowest BCUT2D eigenvalue weighted by atomic mass is 9.94. The highest BCUT2D eigenvalue weighted by atomic mass is 32.2. The molecule has 0 aromatic heterocycles. The molecule has 0 bridgehead atoms. The summed E-state index contributed by atoms with van der Waals surface area (Å²) in [6, 6.07) is 5.21. The van der Waals surface area contributed by atoms with E-state index in [-0.39, 0.29) is 9.79 Å². The number of hydrogen-bond acceptors (Lipinski definition) is 6. The zero-order valence-corrected chi connectivity index (χ0v) is 18.1. The largest absolute Gasteiger partial charge is 0.486 e. The van der Waals surface area contributed by atoms with Crippen molar-refractivity contribution in [3.8, 4) is 0 Å². The van der Waals surface area contributed by atoms with Crippen LogP contribution in [0.3, 0.4) is 0 Å². The van der Waals surface area contributed by atoms with Gasteiger partial charge in [0.25, 0.3) is 10.0 Å². The Morgan fingerprint density at radius 2 is 1.83 bits per heavy atom. The molecule has 1 aromatic rings. The van der Waals surface area contributed by atoms with Gasteiger partial charge >= 0.3 is 5.97 Å². The molecule has 1 aromatic carbocycles. The third kappa shape index (κ3) is 5.11. The molecule has 0 saturated heterocycles. The molecule has 10 heteroatoms. The average Bonchev–Trinajstić information content (AvgIpc) is 2.88. The first-order valence-corrected chi connectivity index (χ1v) is 12.7. The van der Waals surface area contributed by atoms with Gasteiger partial charge in [-0.1, -0.05) is 18.2 Å². The van der Waals surface area contributed by atoms with Crippen LogP contribution in [0.2, 0.25) is 0 Å². The van der Waals surface area contributed by atoms with Gasteiger partial charge in [-0.2, -0.15) is 0 Å². The molecular weight excluding hydrogens is 430 g/mol. The van der Waals surface area contributed by atoms with Crippen LogP contribution >= 0.6 is 0 Å². The number of aliphatic carboxylic acids is 1. The molecule has 0 atom stereocenters. The molecule has 0 unspecified atom stereocenters. The lowest BCUT2D eigenvalue weighted by Gasteiger charge is -2.21. The first kappa shape index (κ1) is 22.1. The fourth-order valence-electron chi connectivity index (χ4n) is 3.45. The number of benzene rings is 1. The Kier molecular flexibility index (Phi) is 6.37. The zero-order chi connectivity index (χ0) is 21.9. The Balaban J connectivity index is 1.98. The molecule has 0 saturated carbocycles. The van der Waals surface area contributed by atoms with Crippen molar-refractivity contribution in [1.82, 2.24) is 4.72 Å². The van der Waals surface area contributed by atoms with E-state index in [1.165, 1.54) is 18.2 Å². The average molecular weight is 454 g/mol. The van der Waals surface area contributed by atoms with Crippen molar-refractivity contribution >= 4 is 25.8 Å². The Labute approximate surface area is 175 Å². The second kappa shape index (κ2) is 8.65. The van der Waals surface area contributed by atoms with Gasteiger partial charge in [0.05, 0.1) is 9.79 Å². The molecule has 0 radical (unpaired) electrons. The van der Waals surface area contributed by atoms with E-state index in [1.54, 1.807) is 6.08 Å². The van der Waals surface area contributed by atoms with Crippen molar-refractivity contribution in [2.75, 3.05) is 12.9 Å². The Morgan fingerprint density at radius 1 is 1.13 bits per heavy atom. The van der Waals surface area contributed by atoms with Crippen molar-refractivity contribution in [2.24, 2.45) is 0 Å². The number of hydrogen-bond donors (Lipinski definition) is 2. The van der Waals surface area contributed by atoms with Crippen molar-refractivity contribution in [3.05, 3.63) is 59.0 Å². The molecule has 2 aliphatic rings. The Bertz CT molecular complexity index is 1160. The van der Waals surface area contributed by atoms with E-state index < -0.39 is 32.4 Å². The normalized spacial score (nSPS) is 17.4. The molecule has 162 valence electrons. The number of sulfone groups is 1. The molecule has 2 N–H and O–H groups in total. The maximum absolute atomic E-state index is 13.0. The monoisotopic (exact) mass is 453 g/mol. The summed E-state index contributed by atoms with van der Waals surface area (Å²) in [5.41, 5.74) is 1.97. The van der Waals surface area contributed by atoms with Crippen LogP contribution in [0.5, 0.6) is 0 Å². The minimum absolute atomic E-state index is 0.0774. The minimum atomic E-state index is -4.02. The van der Waals surface area contributed by atoms with Crippen molar-refractivity contribution < 1.29 is 31.5 Å². The van der Waals surface area contributed by atoms with Gasteiger partial charge in [-0.05, 0) is 49.5 Å². The van der Waals surface area contributed by atoms with Crippen LogP contribution in [0.1, 0.15) is 32.1 Å². The van der Waals surface area contributed by atoms with Gasteiger partial charge < -0.3 is 9.84 Å². The van der Waals surface area contributed by atoms with Crippen LogP contribution < -0.4 is 4.72 Å². The van der Waals surface area contributed by atoms with Crippen LogP contribution in [0, 0.1) is 0 Å². The molecule has 8 nitrogen and oxygen atoms in total. The van der Waals surface area contributed by atoms with Gasteiger partial charge in [0.1, 0.15) is 5.76 Å². The summed E-state index contributed by atoms with van der Waals surface area (Å²) in [4.78, 5) is 10.6. The molecule has 2 aliphatic carbocycles. The Morgan fingerprint density at radius 3 is 2.53 bits per heavy atom. The molecule has 0 heterocycles. The summed E-state index contributed by atoms with van der Waals surface area (Å²) >= 11 is 0. The maximum Gasteiger partial charge on any atom is 0.341 e. The predicted molar refractivity (Wildman–Crippen MR) is 110 cm³/mol. The summed E-state index contributed by atoms with van der Waals surface area (Å²) in [7, 11) is -7.57. The number of fused-ring (bicyclic) bond motifs is 1. The standard InChI is InChI=1S/C20H23NO7S2/c1-29(24,25)14-6-4-7-15(12-14)30(26,27)21-18-10-3-2-8-17-16(18)9-5-11-19(17)28-13-20(22)23/h4-7,9,12,21H,2-3,8,10-11,13H2,1H3,(H,22,23). The summed E-state index contributed by atoms with van der Waals surface area (Å²) < 4.78 is 57.6. The fraction of sp³-hybridized carbons (Fsp3) is 0.350. The zero-order valence-electron chi connectivity index (χ0n) is 16.4. The molecule has 0 amide bonds. The maximum atomic E-state index is 13.0. The fourth-order valence-corrected chi connectivity index (χ4v) is 5.38. The number of ether oxygens (including phenoxy) is 1. The van der Waals surface area contributed by atoms with E-state index in [2.05, 4.69) is 4.72 Å². The SMILES string of the molecule is CS(=O)(=O)c1cccc(S(=O)(=O)NC2=C3C=CCC(OCC(=O)O)=C3CCCC2)c1. The predicted octanol–water partition coefficient (Wildman–Crippen LogP) is 2.51. The van der Waals surface area contributed by atoms with Gasteiger partial charge in [0.2, 0.25) is 0 Å². The van der Waals surface area contributed by atoms with Gasteiger partial charge in [0, 0.05) is 23.9 Å². The quantitative estimate of drug-likeness (QED) is 0.649. The lowest BCUT2D eigenvalue weighted by molar-refractivity contribution is -0.140. The van der Waals surface area contributed by atoms with Gasteiger partial charge in [0.15, 0.2) is 16.4 Å². The molecule has 3 rings (SSSR count). The number of carboxylic acid groups (broad SMARTS) is 1. The van der Waals surface area contributed by atoms with E-state index in [4.69, 9.17) is 9.84 Å². The number of allylic oxidation sites excluding steroid dienone is 5. The van der Waals surface area contributed by atoms with E-state index >= 15 is 0 Å². The summed E-state index contributed by atoms with van der Waals surface area (Å²) in [5, 5.41) is 8.89. The number of sulfonamides is 1. The second-order valence-electron chi connectivity index (χ2n) is 7.14. The second-order valence-corrected chi connectivity index (χ2v) is 10.8. The lowest BCUT2D eigenvalue weighted by Crippen LogP contribution is -2.25. The number of carboxylic acids is 1. The van der Waals surface area contributed by atoms with Crippen LogP contribution in [0.25, 0.3) is 0 Å². The highest BCUT2D eigenvalue weighted by Gasteiger charge is 2.25. The molecule has 0 spiro atoms. The smallest absolute Gasteiger partial charge is 0.341 e. The number of rotatable bonds is 7. The van der Waals surface area contributed by atoms with Crippen LogP contribution in [0.15, 0.2) is 68.8 Å². The van der Waals surface area contributed by atoms with Crippen molar-refractivity contribution in [2.45, 2.75) is 41.9 Å². The molecular formula is C20H23NO7S2. The summed E-state index contributed by atoms with van der Waals surface area (Å²) in [6.07, 6.45) is 7.78. The molecule has 0 aliphatic heterocycles. The summed E-state index contributed by atoms with van der Waals surface area (Å²) in [5.74, 6) is -0.545. The number of nitrogens with one attached hydrogen (secondary N) is 1. The first-order valence-electron chi connectivity index (χ1n) is 9.37. The van der Waals surface area contributed by atoms with Crippen LogP contribution in [0.4, 0.5) is 0 Å². The highest BCUT2D eigenvalue weighted by Crippen LogP contribution is 2.35. The van der Waals surface area contributed by atoms with E-state index in [1.807, 2.05) is 6.08 Å². The summed E-state index contributed by atoms with van der Waals surface area (Å²) in [6.45, 7) is -0.459. The molecule has 30 heavy (non-hydrogen) atoms. The van der Waals surface area contributed by atoms with Crippen LogP contribution in [-0.2, 0) is 29.4 Å². The number of carbonyl (C=O) groups is 1. The van der Waals surface area contributed by atoms with Crippen molar-refractivity contribution in [1.29, 1.82) is 0 Å². The van der Waals surface area contributed by atoms with Gasteiger partial charge in [-0.3, -0.25) is 4.72 Å². The van der Waals surface area contributed by atoms with E-state index in [0.717, 1.165) is 30.7 Å². The van der Waals surface area contributed by atoms with Gasteiger partial charge in [-0.25, -0.2) is 21.6 Å². The highest BCUT2D eigenvalue weighted by molar-refractivity contribution is 7.91.